The van der Waals surface area contributed by atoms with E-state index in [0.717, 1.165) is 15.3 Å². The first kappa shape index (κ1) is 13.5. The molecule has 0 radical (unpaired) electrons. The molecule has 2 rings (SSSR count). The van der Waals surface area contributed by atoms with Crippen LogP contribution in [0.2, 0.25) is 5.02 Å². The molecule has 0 amide bonds. The van der Waals surface area contributed by atoms with E-state index < -0.39 is 11.6 Å². The van der Waals surface area contributed by atoms with Crippen molar-refractivity contribution in [3.63, 3.8) is 0 Å². The van der Waals surface area contributed by atoms with Crippen LogP contribution in [0.15, 0.2) is 36.4 Å². The standard InChI is InChI=1S/C13H9ClF2IN/c14-11-6-10(17)3-4-13(11)18-7-8-1-2-9(15)5-12(8)16/h1-6,18H,7H2. The molecule has 1 nitrogen and oxygen atoms in total. The Labute approximate surface area is 122 Å². The molecule has 1 N–H and O–H groups in total. The predicted molar refractivity (Wildman–Crippen MR) is 77.9 cm³/mol. The molecule has 0 spiro atoms. The monoisotopic (exact) mass is 379 g/mol. The van der Waals surface area contributed by atoms with Crippen molar-refractivity contribution in [3.05, 3.63) is 62.2 Å². The van der Waals surface area contributed by atoms with E-state index in [-0.39, 0.29) is 6.54 Å². The summed E-state index contributed by atoms with van der Waals surface area (Å²) in [4.78, 5) is 0. The van der Waals surface area contributed by atoms with Crippen LogP contribution >= 0.6 is 34.2 Å². The van der Waals surface area contributed by atoms with E-state index in [1.165, 1.54) is 12.1 Å². The fourth-order valence-corrected chi connectivity index (χ4v) is 2.41. The fourth-order valence-electron chi connectivity index (χ4n) is 1.49. The Kier molecular flexibility index (Phi) is 4.40. The minimum atomic E-state index is -0.580. The Hall–Kier alpha value is -0.880. The first-order chi connectivity index (χ1) is 8.56. The number of halogens is 4. The van der Waals surface area contributed by atoms with Crippen molar-refractivity contribution in [1.82, 2.24) is 0 Å². The third-order valence-electron chi connectivity index (χ3n) is 2.42. The van der Waals surface area contributed by atoms with Crippen molar-refractivity contribution in [2.45, 2.75) is 6.54 Å². The van der Waals surface area contributed by atoms with Gasteiger partial charge in [0.05, 0.1) is 10.7 Å². The minimum Gasteiger partial charge on any atom is -0.380 e. The zero-order chi connectivity index (χ0) is 13.1. The van der Waals surface area contributed by atoms with Gasteiger partial charge < -0.3 is 5.32 Å². The van der Waals surface area contributed by atoms with Gasteiger partial charge in [0.25, 0.3) is 0 Å². The zero-order valence-corrected chi connectivity index (χ0v) is 12.1. The maximum atomic E-state index is 13.4. The van der Waals surface area contributed by atoms with Gasteiger partial charge in [-0.15, -0.1) is 0 Å². The first-order valence-corrected chi connectivity index (χ1v) is 6.65. The Morgan fingerprint density at radius 1 is 1.11 bits per heavy atom. The molecule has 2 aromatic rings. The quantitative estimate of drug-likeness (QED) is 0.753. The van der Waals surface area contributed by atoms with E-state index in [4.69, 9.17) is 11.6 Å². The second-order valence-electron chi connectivity index (χ2n) is 3.71. The van der Waals surface area contributed by atoms with Crippen LogP contribution in [0.5, 0.6) is 0 Å². The fraction of sp³-hybridized carbons (Fsp3) is 0.0769. The molecule has 0 heterocycles. The van der Waals surface area contributed by atoms with Crippen LogP contribution in [0.4, 0.5) is 14.5 Å². The smallest absolute Gasteiger partial charge is 0.131 e. The lowest BCUT2D eigenvalue weighted by Gasteiger charge is -2.09. The molecule has 0 aromatic heterocycles. The SMILES string of the molecule is Fc1ccc(CNc2ccc(I)cc2Cl)c(F)c1. The lowest BCUT2D eigenvalue weighted by Crippen LogP contribution is -2.02. The third-order valence-corrected chi connectivity index (χ3v) is 3.40. The van der Waals surface area contributed by atoms with Crippen LogP contribution in [0, 0.1) is 15.2 Å². The highest BCUT2D eigenvalue weighted by Gasteiger charge is 2.05. The molecular weight excluding hydrogens is 371 g/mol. The van der Waals surface area contributed by atoms with Crippen molar-refractivity contribution in [3.8, 4) is 0 Å². The van der Waals surface area contributed by atoms with Crippen LogP contribution in [0.25, 0.3) is 0 Å². The molecule has 0 bridgehead atoms. The summed E-state index contributed by atoms with van der Waals surface area (Å²) in [7, 11) is 0. The van der Waals surface area contributed by atoms with Crippen molar-refractivity contribution in [1.29, 1.82) is 0 Å². The van der Waals surface area contributed by atoms with E-state index >= 15 is 0 Å². The Balaban J connectivity index is 2.11. The van der Waals surface area contributed by atoms with E-state index in [1.807, 2.05) is 18.2 Å². The largest absolute Gasteiger partial charge is 0.380 e. The lowest BCUT2D eigenvalue weighted by molar-refractivity contribution is 0.574. The molecule has 0 saturated carbocycles. The maximum Gasteiger partial charge on any atom is 0.131 e. The highest BCUT2D eigenvalue weighted by atomic mass is 127. The summed E-state index contributed by atoms with van der Waals surface area (Å²) in [6.45, 7) is 0.256. The van der Waals surface area contributed by atoms with E-state index in [9.17, 15) is 8.78 Å². The number of hydrogen-bond acceptors (Lipinski definition) is 1. The summed E-state index contributed by atoms with van der Waals surface area (Å²) in [6, 6.07) is 9.05. The van der Waals surface area contributed by atoms with Crippen LogP contribution in [-0.2, 0) is 6.54 Å². The molecular formula is C13H9ClF2IN. The molecule has 0 unspecified atom stereocenters. The molecule has 5 heteroatoms. The van der Waals surface area contributed by atoms with Gasteiger partial charge >= 0.3 is 0 Å². The molecule has 0 aliphatic rings. The number of nitrogens with one attached hydrogen (secondary N) is 1. The first-order valence-electron chi connectivity index (χ1n) is 5.19. The summed E-state index contributed by atoms with van der Waals surface area (Å²) in [5.74, 6) is -1.15. The highest BCUT2D eigenvalue weighted by Crippen LogP contribution is 2.24. The Bertz CT molecular complexity index is 523. The second kappa shape index (κ2) is 5.84. The number of hydrogen-bond donors (Lipinski definition) is 1. The molecule has 0 aliphatic carbocycles. The summed E-state index contributed by atoms with van der Waals surface area (Å²) < 4.78 is 27.2. The Morgan fingerprint density at radius 3 is 2.56 bits per heavy atom. The van der Waals surface area contributed by atoms with Gasteiger partial charge in [-0.05, 0) is 46.9 Å². The van der Waals surface area contributed by atoms with Gasteiger partial charge in [0.15, 0.2) is 0 Å². The number of rotatable bonds is 3. The van der Waals surface area contributed by atoms with Crippen molar-refractivity contribution >= 4 is 39.9 Å². The average molecular weight is 380 g/mol. The topological polar surface area (TPSA) is 12.0 Å². The summed E-state index contributed by atoms with van der Waals surface area (Å²) in [5.41, 5.74) is 1.12. The minimum absolute atomic E-state index is 0.256. The molecule has 0 saturated heterocycles. The van der Waals surface area contributed by atoms with Crippen LogP contribution in [0.1, 0.15) is 5.56 Å². The Morgan fingerprint density at radius 2 is 1.89 bits per heavy atom. The van der Waals surface area contributed by atoms with Gasteiger partial charge in [-0.3, -0.25) is 0 Å². The van der Waals surface area contributed by atoms with Gasteiger partial charge in [-0.1, -0.05) is 17.7 Å². The summed E-state index contributed by atoms with van der Waals surface area (Å²) in [5, 5.41) is 3.59. The van der Waals surface area contributed by atoms with Gasteiger partial charge in [-0.2, -0.15) is 0 Å². The zero-order valence-electron chi connectivity index (χ0n) is 9.18. The maximum absolute atomic E-state index is 13.4. The van der Waals surface area contributed by atoms with E-state index in [1.54, 1.807) is 0 Å². The third kappa shape index (κ3) is 3.32. The van der Waals surface area contributed by atoms with Crippen LogP contribution < -0.4 is 5.32 Å². The highest BCUT2D eigenvalue weighted by molar-refractivity contribution is 14.1. The van der Waals surface area contributed by atoms with Gasteiger partial charge in [-0.25, -0.2) is 8.78 Å². The average Bonchev–Trinajstić information content (AvgIpc) is 2.30. The lowest BCUT2D eigenvalue weighted by atomic mass is 10.2. The van der Waals surface area contributed by atoms with Gasteiger partial charge in [0.2, 0.25) is 0 Å². The van der Waals surface area contributed by atoms with Crippen molar-refractivity contribution in [2.24, 2.45) is 0 Å². The molecule has 94 valence electrons. The number of benzene rings is 2. The molecule has 0 fully saturated rings. The molecule has 2 aromatic carbocycles. The summed E-state index contributed by atoms with van der Waals surface area (Å²) >= 11 is 8.20. The second-order valence-corrected chi connectivity index (χ2v) is 5.37. The predicted octanol–water partition coefficient (Wildman–Crippen LogP) is 4.83. The molecule has 0 aliphatic heterocycles. The van der Waals surface area contributed by atoms with Crippen LogP contribution in [-0.4, -0.2) is 0 Å². The van der Waals surface area contributed by atoms with Crippen LogP contribution in [0.3, 0.4) is 0 Å². The van der Waals surface area contributed by atoms with Gasteiger partial charge in [0.1, 0.15) is 11.6 Å². The number of anilines is 1. The normalized spacial score (nSPS) is 10.4. The van der Waals surface area contributed by atoms with Gasteiger partial charge in [0, 0.05) is 21.7 Å². The summed E-state index contributed by atoms with van der Waals surface area (Å²) in [6.07, 6.45) is 0. The van der Waals surface area contributed by atoms with E-state index in [2.05, 4.69) is 27.9 Å². The molecule has 0 atom stereocenters. The van der Waals surface area contributed by atoms with Crippen molar-refractivity contribution in [2.75, 3.05) is 5.32 Å². The van der Waals surface area contributed by atoms with Crippen molar-refractivity contribution < 1.29 is 8.78 Å². The van der Waals surface area contributed by atoms with E-state index in [0.29, 0.717) is 10.6 Å². The molecule has 18 heavy (non-hydrogen) atoms.